The van der Waals surface area contributed by atoms with Crippen LogP contribution >= 0.6 is 0 Å². The lowest BCUT2D eigenvalue weighted by Crippen LogP contribution is -2.18. The summed E-state index contributed by atoms with van der Waals surface area (Å²) in [6, 6.07) is 19.0. The van der Waals surface area contributed by atoms with E-state index in [4.69, 9.17) is 4.74 Å². The van der Waals surface area contributed by atoms with Crippen LogP contribution < -0.4 is 10.1 Å². The number of nitrogens with one attached hydrogen (secondary N) is 1. The molecule has 2 aromatic carbocycles. The number of ether oxygens (including phenoxy) is 1. The summed E-state index contributed by atoms with van der Waals surface area (Å²) in [6.07, 6.45) is 3.47. The lowest BCUT2D eigenvalue weighted by atomic mass is 9.88. The number of aromatic nitrogens is 2. The van der Waals surface area contributed by atoms with Gasteiger partial charge < -0.3 is 10.1 Å². The Balaban J connectivity index is 1.65. The first kappa shape index (κ1) is 16.6. The zero-order valence-electron chi connectivity index (χ0n) is 15.2. The van der Waals surface area contributed by atoms with Crippen molar-refractivity contribution in [3.63, 3.8) is 0 Å². The van der Waals surface area contributed by atoms with Crippen molar-refractivity contribution in [2.75, 3.05) is 12.4 Å². The molecule has 0 radical (unpaired) electrons. The van der Waals surface area contributed by atoms with Gasteiger partial charge in [0, 0.05) is 11.6 Å². The zero-order chi connectivity index (χ0) is 17.9. The molecule has 132 valence electrons. The minimum atomic E-state index is 0.299. The fraction of sp³-hybridized carbons (Fsp3) is 0.273. The average Bonchev–Trinajstić information content (AvgIpc) is 2.68. The molecule has 1 aromatic heterocycles. The normalized spacial score (nSPS) is 16.0. The summed E-state index contributed by atoms with van der Waals surface area (Å²) in [5, 5.41) is 3.63. The Bertz CT molecular complexity index is 923. The molecule has 1 aliphatic carbocycles. The zero-order valence-corrected chi connectivity index (χ0v) is 15.2. The predicted molar refractivity (Wildman–Crippen MR) is 105 cm³/mol. The Kier molecular flexibility index (Phi) is 4.57. The van der Waals surface area contributed by atoms with Crippen molar-refractivity contribution in [2.24, 2.45) is 0 Å². The Morgan fingerprint density at radius 2 is 1.92 bits per heavy atom. The first-order valence-corrected chi connectivity index (χ1v) is 9.07. The topological polar surface area (TPSA) is 47.0 Å². The molecule has 0 saturated heterocycles. The van der Waals surface area contributed by atoms with Gasteiger partial charge in [0.25, 0.3) is 0 Å². The Morgan fingerprint density at radius 3 is 2.81 bits per heavy atom. The van der Waals surface area contributed by atoms with Crippen molar-refractivity contribution in [1.29, 1.82) is 0 Å². The molecule has 0 spiro atoms. The second-order valence-electron chi connectivity index (χ2n) is 6.71. The van der Waals surface area contributed by atoms with Gasteiger partial charge in [0.2, 0.25) is 0 Å². The lowest BCUT2D eigenvalue weighted by Gasteiger charge is -2.27. The second-order valence-corrected chi connectivity index (χ2v) is 6.71. The fourth-order valence-electron chi connectivity index (χ4n) is 3.65. The SMILES string of the molecule is COc1cccc(-c2cc(N[C@@H]3CCCc4ccccc43)nc(C)n2)c1. The third-order valence-electron chi connectivity index (χ3n) is 4.89. The molecule has 1 aliphatic rings. The Hall–Kier alpha value is -2.88. The number of hydrogen-bond donors (Lipinski definition) is 1. The standard InChI is InChI=1S/C22H23N3O/c1-15-23-21(17-9-5-10-18(13-17)26-2)14-22(24-15)25-20-12-6-8-16-7-3-4-11-19(16)20/h3-5,7,9-11,13-14,20H,6,8,12H2,1-2H3,(H,23,24,25)/t20-/m1/s1. The van der Waals surface area contributed by atoms with Gasteiger partial charge in [-0.1, -0.05) is 36.4 Å². The van der Waals surface area contributed by atoms with E-state index in [0.29, 0.717) is 6.04 Å². The van der Waals surface area contributed by atoms with Crippen LogP contribution in [0.3, 0.4) is 0 Å². The average molecular weight is 345 g/mol. The van der Waals surface area contributed by atoms with Crippen LogP contribution in [0.5, 0.6) is 5.75 Å². The quantitative estimate of drug-likeness (QED) is 0.727. The van der Waals surface area contributed by atoms with E-state index in [1.165, 1.54) is 17.5 Å². The fourth-order valence-corrected chi connectivity index (χ4v) is 3.65. The molecule has 0 bridgehead atoms. The van der Waals surface area contributed by atoms with Gasteiger partial charge in [-0.05, 0) is 49.4 Å². The number of benzene rings is 2. The van der Waals surface area contributed by atoms with Crippen LogP contribution in [-0.2, 0) is 6.42 Å². The molecule has 0 aliphatic heterocycles. The van der Waals surface area contributed by atoms with E-state index < -0.39 is 0 Å². The van der Waals surface area contributed by atoms with Gasteiger partial charge in [-0.25, -0.2) is 9.97 Å². The third-order valence-corrected chi connectivity index (χ3v) is 4.89. The minimum absolute atomic E-state index is 0.299. The molecule has 1 atom stereocenters. The molecular weight excluding hydrogens is 322 g/mol. The van der Waals surface area contributed by atoms with Crippen LogP contribution in [0.4, 0.5) is 5.82 Å². The van der Waals surface area contributed by atoms with E-state index in [0.717, 1.165) is 41.5 Å². The molecule has 0 amide bonds. The highest BCUT2D eigenvalue weighted by Gasteiger charge is 2.20. The molecule has 0 unspecified atom stereocenters. The van der Waals surface area contributed by atoms with Crippen LogP contribution in [0.2, 0.25) is 0 Å². The Morgan fingerprint density at radius 1 is 1.04 bits per heavy atom. The smallest absolute Gasteiger partial charge is 0.130 e. The second kappa shape index (κ2) is 7.16. The van der Waals surface area contributed by atoms with Crippen LogP contribution in [-0.4, -0.2) is 17.1 Å². The third kappa shape index (κ3) is 3.40. The summed E-state index contributed by atoms with van der Waals surface area (Å²) in [5.74, 6) is 2.46. The van der Waals surface area contributed by atoms with Gasteiger partial charge in [0.1, 0.15) is 17.4 Å². The molecule has 1 heterocycles. The van der Waals surface area contributed by atoms with Crippen molar-refractivity contribution < 1.29 is 4.74 Å². The monoisotopic (exact) mass is 345 g/mol. The first-order valence-electron chi connectivity index (χ1n) is 9.07. The highest BCUT2D eigenvalue weighted by Crippen LogP contribution is 2.33. The molecule has 0 saturated carbocycles. The Labute approximate surface area is 154 Å². The summed E-state index contributed by atoms with van der Waals surface area (Å²) in [6.45, 7) is 1.93. The maximum Gasteiger partial charge on any atom is 0.130 e. The van der Waals surface area contributed by atoms with E-state index in [2.05, 4.69) is 39.6 Å². The number of nitrogens with zero attached hydrogens (tertiary/aromatic N) is 2. The number of aryl methyl sites for hydroxylation is 2. The first-order chi connectivity index (χ1) is 12.7. The van der Waals surface area contributed by atoms with Crippen LogP contribution in [0.15, 0.2) is 54.6 Å². The molecule has 1 N–H and O–H groups in total. The van der Waals surface area contributed by atoms with Gasteiger partial charge in [0.15, 0.2) is 0 Å². The van der Waals surface area contributed by atoms with Crippen molar-refractivity contribution in [2.45, 2.75) is 32.2 Å². The highest BCUT2D eigenvalue weighted by atomic mass is 16.5. The summed E-state index contributed by atoms with van der Waals surface area (Å²) in [5.41, 5.74) is 4.76. The summed E-state index contributed by atoms with van der Waals surface area (Å²) < 4.78 is 5.34. The van der Waals surface area contributed by atoms with Gasteiger partial charge in [0.05, 0.1) is 18.8 Å². The number of hydrogen-bond acceptors (Lipinski definition) is 4. The molecular formula is C22H23N3O. The minimum Gasteiger partial charge on any atom is -0.497 e. The molecule has 4 rings (SSSR count). The van der Waals surface area contributed by atoms with Crippen LogP contribution in [0.1, 0.15) is 35.8 Å². The van der Waals surface area contributed by atoms with E-state index in [9.17, 15) is 0 Å². The molecule has 0 fully saturated rings. The highest BCUT2D eigenvalue weighted by molar-refractivity contribution is 5.64. The van der Waals surface area contributed by atoms with Crippen LogP contribution in [0.25, 0.3) is 11.3 Å². The molecule has 4 heteroatoms. The molecule has 26 heavy (non-hydrogen) atoms. The van der Waals surface area contributed by atoms with Crippen LogP contribution in [0, 0.1) is 6.92 Å². The predicted octanol–water partition coefficient (Wildman–Crippen LogP) is 4.95. The van der Waals surface area contributed by atoms with Crippen molar-refractivity contribution in [3.05, 3.63) is 71.5 Å². The molecule has 3 aromatic rings. The van der Waals surface area contributed by atoms with Gasteiger partial charge >= 0.3 is 0 Å². The van der Waals surface area contributed by atoms with E-state index >= 15 is 0 Å². The number of anilines is 1. The summed E-state index contributed by atoms with van der Waals surface area (Å²) >= 11 is 0. The lowest BCUT2D eigenvalue weighted by molar-refractivity contribution is 0.415. The number of rotatable bonds is 4. The maximum absolute atomic E-state index is 5.34. The van der Waals surface area contributed by atoms with E-state index in [-0.39, 0.29) is 0 Å². The number of methoxy groups -OCH3 is 1. The van der Waals surface area contributed by atoms with E-state index in [1.54, 1.807) is 7.11 Å². The summed E-state index contributed by atoms with van der Waals surface area (Å²) in [4.78, 5) is 9.23. The van der Waals surface area contributed by atoms with Gasteiger partial charge in [-0.15, -0.1) is 0 Å². The summed E-state index contributed by atoms with van der Waals surface area (Å²) in [7, 11) is 1.68. The van der Waals surface area contributed by atoms with Crippen molar-refractivity contribution in [3.8, 4) is 17.0 Å². The number of fused-ring (bicyclic) bond motifs is 1. The maximum atomic E-state index is 5.34. The largest absolute Gasteiger partial charge is 0.497 e. The van der Waals surface area contributed by atoms with Crippen molar-refractivity contribution >= 4 is 5.82 Å². The van der Waals surface area contributed by atoms with E-state index in [1.807, 2.05) is 37.3 Å². The van der Waals surface area contributed by atoms with Crippen molar-refractivity contribution in [1.82, 2.24) is 9.97 Å². The van der Waals surface area contributed by atoms with Gasteiger partial charge in [-0.3, -0.25) is 0 Å². The molecule has 4 nitrogen and oxygen atoms in total. The van der Waals surface area contributed by atoms with Gasteiger partial charge in [-0.2, -0.15) is 0 Å².